The summed E-state index contributed by atoms with van der Waals surface area (Å²) in [6.07, 6.45) is -1.57. The summed E-state index contributed by atoms with van der Waals surface area (Å²) in [7, 11) is 0. The van der Waals surface area contributed by atoms with E-state index >= 15 is 0 Å². The number of rotatable bonds is 8. The van der Waals surface area contributed by atoms with Crippen LogP contribution in [-0.4, -0.2) is 54.9 Å². The van der Waals surface area contributed by atoms with Gasteiger partial charge in [-0.05, 0) is 51.1 Å². The average Bonchev–Trinajstić information content (AvgIpc) is 3.09. The SMILES string of the molecule is CCNC(=NCc1cc(C(C)C)no1)NCCC1CCN(CC(F)(F)F)CC1.I. The van der Waals surface area contributed by atoms with E-state index in [1.165, 1.54) is 4.90 Å². The summed E-state index contributed by atoms with van der Waals surface area (Å²) >= 11 is 0. The van der Waals surface area contributed by atoms with E-state index in [0.717, 1.165) is 43.8 Å². The number of likely N-dealkylation sites (tertiary alicyclic amines) is 1. The highest BCUT2D eigenvalue weighted by Gasteiger charge is 2.32. The summed E-state index contributed by atoms with van der Waals surface area (Å²) in [6, 6.07) is 1.92. The van der Waals surface area contributed by atoms with E-state index in [0.29, 0.717) is 37.4 Å². The van der Waals surface area contributed by atoms with Gasteiger partial charge in [-0.15, -0.1) is 24.0 Å². The second-order valence-corrected chi connectivity index (χ2v) is 7.62. The quantitative estimate of drug-likeness (QED) is 0.300. The number of hydrogen-bond acceptors (Lipinski definition) is 4. The summed E-state index contributed by atoms with van der Waals surface area (Å²) < 4.78 is 42.7. The lowest BCUT2D eigenvalue weighted by molar-refractivity contribution is -0.148. The van der Waals surface area contributed by atoms with Gasteiger partial charge in [0.1, 0.15) is 6.54 Å². The topological polar surface area (TPSA) is 65.7 Å². The Kier molecular flexibility index (Phi) is 11.3. The molecule has 6 nitrogen and oxygen atoms in total. The number of aromatic nitrogens is 1. The van der Waals surface area contributed by atoms with Gasteiger partial charge in [0, 0.05) is 19.2 Å². The molecule has 10 heteroatoms. The van der Waals surface area contributed by atoms with E-state index in [1.54, 1.807) is 0 Å². The summed E-state index contributed by atoms with van der Waals surface area (Å²) in [6.45, 7) is 8.25. The van der Waals surface area contributed by atoms with E-state index < -0.39 is 12.7 Å². The monoisotopic (exact) mass is 531 g/mol. The first-order chi connectivity index (χ1) is 13.3. The number of aliphatic imine (C=N–C) groups is 1. The van der Waals surface area contributed by atoms with E-state index in [2.05, 4.69) is 34.6 Å². The maximum Gasteiger partial charge on any atom is 0.401 e. The molecular weight excluding hydrogens is 498 g/mol. The molecule has 29 heavy (non-hydrogen) atoms. The fourth-order valence-corrected chi connectivity index (χ4v) is 3.26. The van der Waals surface area contributed by atoms with Gasteiger partial charge in [-0.1, -0.05) is 19.0 Å². The Labute approximate surface area is 188 Å². The van der Waals surface area contributed by atoms with Crippen LogP contribution in [0.5, 0.6) is 0 Å². The predicted molar refractivity (Wildman–Crippen MR) is 119 cm³/mol. The molecule has 168 valence electrons. The summed E-state index contributed by atoms with van der Waals surface area (Å²) in [5.74, 6) is 2.19. The van der Waals surface area contributed by atoms with Gasteiger partial charge in [-0.2, -0.15) is 13.2 Å². The molecule has 0 spiro atoms. The van der Waals surface area contributed by atoms with Crippen LogP contribution >= 0.6 is 24.0 Å². The molecule has 1 aliphatic heterocycles. The van der Waals surface area contributed by atoms with Gasteiger partial charge in [0.2, 0.25) is 0 Å². The molecule has 0 atom stereocenters. The second kappa shape index (κ2) is 12.6. The van der Waals surface area contributed by atoms with Gasteiger partial charge in [0.15, 0.2) is 11.7 Å². The van der Waals surface area contributed by atoms with Crippen LogP contribution in [0.25, 0.3) is 0 Å². The second-order valence-electron chi connectivity index (χ2n) is 7.62. The normalized spacial score (nSPS) is 16.7. The number of halogens is 4. The van der Waals surface area contributed by atoms with Crippen LogP contribution in [-0.2, 0) is 6.54 Å². The zero-order valence-corrected chi connectivity index (χ0v) is 19.7. The van der Waals surface area contributed by atoms with Crippen LogP contribution in [0.15, 0.2) is 15.6 Å². The average molecular weight is 531 g/mol. The lowest BCUT2D eigenvalue weighted by atomic mass is 9.93. The molecule has 1 fully saturated rings. The lowest BCUT2D eigenvalue weighted by Gasteiger charge is -2.32. The van der Waals surface area contributed by atoms with Crippen molar-refractivity contribution in [3.8, 4) is 0 Å². The third-order valence-corrected chi connectivity index (χ3v) is 4.86. The third kappa shape index (κ3) is 10.0. The molecular formula is C19H33F3IN5O. The molecule has 0 bridgehead atoms. The Morgan fingerprint density at radius 3 is 2.55 bits per heavy atom. The molecule has 2 rings (SSSR count). The highest BCUT2D eigenvalue weighted by molar-refractivity contribution is 14.0. The van der Waals surface area contributed by atoms with Crippen molar-refractivity contribution < 1.29 is 17.7 Å². The Hall–Kier alpha value is -1.04. The van der Waals surface area contributed by atoms with Crippen molar-refractivity contribution in [1.82, 2.24) is 20.7 Å². The highest BCUT2D eigenvalue weighted by atomic mass is 127. The maximum atomic E-state index is 12.5. The van der Waals surface area contributed by atoms with Crippen molar-refractivity contribution in [2.45, 2.75) is 58.7 Å². The fraction of sp³-hybridized carbons (Fsp3) is 0.789. The predicted octanol–water partition coefficient (Wildman–Crippen LogP) is 4.14. The largest absolute Gasteiger partial charge is 0.401 e. The molecule has 0 aromatic carbocycles. The minimum Gasteiger partial charge on any atom is -0.359 e. The van der Waals surface area contributed by atoms with Crippen molar-refractivity contribution >= 4 is 29.9 Å². The van der Waals surface area contributed by atoms with Crippen molar-refractivity contribution in [3.05, 3.63) is 17.5 Å². The van der Waals surface area contributed by atoms with Gasteiger partial charge < -0.3 is 15.2 Å². The Morgan fingerprint density at radius 1 is 1.31 bits per heavy atom. The summed E-state index contributed by atoms with van der Waals surface area (Å²) in [5.41, 5.74) is 0.917. The Bertz CT molecular complexity index is 613. The molecule has 0 radical (unpaired) electrons. The van der Waals surface area contributed by atoms with Crippen LogP contribution < -0.4 is 10.6 Å². The zero-order valence-electron chi connectivity index (χ0n) is 17.4. The maximum absolute atomic E-state index is 12.5. The van der Waals surface area contributed by atoms with Gasteiger partial charge in [0.05, 0.1) is 12.2 Å². The number of hydrogen-bond donors (Lipinski definition) is 2. The zero-order chi connectivity index (χ0) is 20.6. The highest BCUT2D eigenvalue weighted by Crippen LogP contribution is 2.24. The van der Waals surface area contributed by atoms with Gasteiger partial charge in [0.25, 0.3) is 0 Å². The number of alkyl halides is 3. The first-order valence-corrected chi connectivity index (χ1v) is 10.0. The number of nitrogens with zero attached hydrogens (tertiary/aromatic N) is 3. The van der Waals surface area contributed by atoms with E-state index in [-0.39, 0.29) is 24.0 Å². The number of piperidine rings is 1. The van der Waals surface area contributed by atoms with E-state index in [4.69, 9.17) is 4.52 Å². The molecule has 0 saturated carbocycles. The summed E-state index contributed by atoms with van der Waals surface area (Å²) in [4.78, 5) is 6.02. The molecule has 2 heterocycles. The van der Waals surface area contributed by atoms with Crippen molar-refractivity contribution in [1.29, 1.82) is 0 Å². The molecule has 0 amide bonds. The van der Waals surface area contributed by atoms with Crippen molar-refractivity contribution in [2.24, 2.45) is 10.9 Å². The van der Waals surface area contributed by atoms with Crippen LogP contribution in [0.1, 0.15) is 57.4 Å². The molecule has 2 N–H and O–H groups in total. The van der Waals surface area contributed by atoms with Crippen molar-refractivity contribution in [3.63, 3.8) is 0 Å². The third-order valence-electron chi connectivity index (χ3n) is 4.86. The standard InChI is InChI=1S/C19H32F3N5O.HI/c1-4-23-18(25-12-16-11-17(14(2)3)26-28-16)24-8-5-15-6-9-27(10-7-15)13-19(20,21)22;/h11,14-15H,4-10,12-13H2,1-3H3,(H2,23,24,25);1H. The smallest absolute Gasteiger partial charge is 0.359 e. The molecule has 1 aromatic rings. The van der Waals surface area contributed by atoms with Gasteiger partial charge in [-0.3, -0.25) is 4.90 Å². The van der Waals surface area contributed by atoms with Gasteiger partial charge >= 0.3 is 6.18 Å². The molecule has 1 aliphatic rings. The minimum atomic E-state index is -4.11. The van der Waals surface area contributed by atoms with Crippen LogP contribution in [0, 0.1) is 5.92 Å². The first kappa shape index (κ1) is 26.0. The lowest BCUT2D eigenvalue weighted by Crippen LogP contribution is -2.41. The molecule has 0 unspecified atom stereocenters. The molecule has 1 saturated heterocycles. The minimum absolute atomic E-state index is 0. The fourth-order valence-electron chi connectivity index (χ4n) is 3.26. The molecule has 0 aliphatic carbocycles. The van der Waals surface area contributed by atoms with E-state index in [1.807, 2.05) is 13.0 Å². The number of nitrogens with one attached hydrogen (secondary N) is 2. The van der Waals surface area contributed by atoms with Crippen molar-refractivity contribution in [2.75, 3.05) is 32.7 Å². The van der Waals surface area contributed by atoms with Gasteiger partial charge in [-0.25, -0.2) is 4.99 Å². The van der Waals surface area contributed by atoms with Crippen LogP contribution in [0.4, 0.5) is 13.2 Å². The Balaban J connectivity index is 0.00000420. The van der Waals surface area contributed by atoms with Crippen LogP contribution in [0.2, 0.25) is 0 Å². The van der Waals surface area contributed by atoms with Crippen LogP contribution in [0.3, 0.4) is 0 Å². The molecule has 1 aromatic heterocycles. The number of guanidine groups is 1. The van der Waals surface area contributed by atoms with E-state index in [9.17, 15) is 13.2 Å². The Morgan fingerprint density at radius 2 is 2.00 bits per heavy atom. The first-order valence-electron chi connectivity index (χ1n) is 10.0. The summed E-state index contributed by atoms with van der Waals surface area (Å²) in [5, 5.41) is 10.5.